The van der Waals surface area contributed by atoms with Crippen LogP contribution in [0, 0.1) is 6.92 Å². The zero-order chi connectivity index (χ0) is 16.7. The van der Waals surface area contributed by atoms with E-state index >= 15 is 0 Å². The van der Waals surface area contributed by atoms with Crippen molar-refractivity contribution in [1.82, 2.24) is 5.32 Å². The molecule has 0 spiro atoms. The van der Waals surface area contributed by atoms with E-state index in [2.05, 4.69) is 45.6 Å². The van der Waals surface area contributed by atoms with E-state index in [9.17, 15) is 0 Å². The van der Waals surface area contributed by atoms with Gasteiger partial charge in [0.15, 0.2) is 5.11 Å². The number of benzene rings is 2. The van der Waals surface area contributed by atoms with Crippen LogP contribution in [0.4, 0.5) is 5.69 Å². The summed E-state index contributed by atoms with van der Waals surface area (Å²) < 4.78 is 6.46. The number of methoxy groups -OCH3 is 1. The van der Waals surface area contributed by atoms with Crippen molar-refractivity contribution >= 4 is 38.9 Å². The molecule has 3 nitrogen and oxygen atoms in total. The van der Waals surface area contributed by atoms with Gasteiger partial charge < -0.3 is 15.4 Å². The molecule has 0 saturated carbocycles. The summed E-state index contributed by atoms with van der Waals surface area (Å²) in [5, 5.41) is 7.09. The molecule has 5 heteroatoms. The van der Waals surface area contributed by atoms with Crippen LogP contribution in [-0.2, 0) is 6.42 Å². The molecular formula is C18H21BrN2OS. The molecule has 2 N–H and O–H groups in total. The van der Waals surface area contributed by atoms with Gasteiger partial charge in [-0.25, -0.2) is 0 Å². The Balaban J connectivity index is 1.75. The fourth-order valence-electron chi connectivity index (χ4n) is 2.29. The van der Waals surface area contributed by atoms with Gasteiger partial charge in [-0.1, -0.05) is 34.1 Å². The van der Waals surface area contributed by atoms with Gasteiger partial charge in [-0.3, -0.25) is 0 Å². The van der Waals surface area contributed by atoms with Crippen molar-refractivity contribution in [2.24, 2.45) is 0 Å². The van der Waals surface area contributed by atoms with Gasteiger partial charge in [0.2, 0.25) is 0 Å². The zero-order valence-electron chi connectivity index (χ0n) is 13.4. The first-order valence-electron chi connectivity index (χ1n) is 7.53. The van der Waals surface area contributed by atoms with Crippen molar-refractivity contribution in [1.29, 1.82) is 0 Å². The minimum absolute atomic E-state index is 0.645. The van der Waals surface area contributed by atoms with E-state index in [1.165, 1.54) is 11.1 Å². The van der Waals surface area contributed by atoms with Crippen molar-refractivity contribution in [2.45, 2.75) is 19.8 Å². The summed E-state index contributed by atoms with van der Waals surface area (Å²) in [7, 11) is 1.70. The summed E-state index contributed by atoms with van der Waals surface area (Å²) in [6.45, 7) is 2.87. The molecule has 2 rings (SSSR count). The average Bonchev–Trinajstić information content (AvgIpc) is 2.55. The molecule has 0 bridgehead atoms. The Bertz CT molecular complexity index is 676. The van der Waals surface area contributed by atoms with Crippen LogP contribution >= 0.6 is 28.1 Å². The fourth-order valence-corrected chi connectivity index (χ4v) is 2.75. The third-order valence-corrected chi connectivity index (χ3v) is 4.65. The number of nitrogens with one attached hydrogen (secondary N) is 2. The number of para-hydroxylation sites is 1. The third-order valence-electron chi connectivity index (χ3n) is 3.52. The highest BCUT2D eigenvalue weighted by atomic mass is 79.9. The summed E-state index contributed by atoms with van der Waals surface area (Å²) in [6, 6.07) is 14.2. The molecule has 2 aromatic rings. The van der Waals surface area contributed by atoms with Crippen molar-refractivity contribution < 1.29 is 4.74 Å². The molecule has 0 aliphatic carbocycles. The van der Waals surface area contributed by atoms with E-state index < -0.39 is 0 Å². The van der Waals surface area contributed by atoms with Gasteiger partial charge in [0.05, 0.1) is 7.11 Å². The highest BCUT2D eigenvalue weighted by Crippen LogP contribution is 2.20. The van der Waals surface area contributed by atoms with Crippen LogP contribution in [0.1, 0.15) is 17.5 Å². The van der Waals surface area contributed by atoms with Crippen LogP contribution in [0.3, 0.4) is 0 Å². The third kappa shape index (κ3) is 5.52. The molecule has 0 amide bonds. The van der Waals surface area contributed by atoms with Gasteiger partial charge in [0, 0.05) is 16.7 Å². The highest BCUT2D eigenvalue weighted by Gasteiger charge is 2.03. The van der Waals surface area contributed by atoms with Gasteiger partial charge in [-0.2, -0.15) is 0 Å². The summed E-state index contributed by atoms with van der Waals surface area (Å²) in [4.78, 5) is 0. The number of aryl methyl sites for hydroxylation is 2. The molecule has 0 saturated heterocycles. The first kappa shape index (κ1) is 17.8. The minimum atomic E-state index is 0.645. The summed E-state index contributed by atoms with van der Waals surface area (Å²) >= 11 is 8.83. The Morgan fingerprint density at radius 3 is 2.74 bits per heavy atom. The molecule has 0 aliphatic rings. The van der Waals surface area contributed by atoms with E-state index in [-0.39, 0.29) is 0 Å². The second kappa shape index (κ2) is 8.89. The summed E-state index contributed by atoms with van der Waals surface area (Å²) in [5.41, 5.74) is 3.39. The second-order valence-electron chi connectivity index (χ2n) is 5.26. The first-order valence-corrected chi connectivity index (χ1v) is 8.73. The van der Waals surface area contributed by atoms with Gasteiger partial charge in [0.1, 0.15) is 5.75 Å². The molecule has 0 atom stereocenters. The maximum Gasteiger partial charge on any atom is 0.170 e. The normalized spacial score (nSPS) is 10.2. The number of thiocarbonyl (C=S) groups is 1. The number of hydrogen-bond acceptors (Lipinski definition) is 2. The number of rotatable bonds is 6. The fraction of sp³-hybridized carbons (Fsp3) is 0.278. The SMILES string of the molecule is COc1ccccc1CCCNC(=S)Nc1ccc(Br)c(C)c1. The molecule has 0 aliphatic heterocycles. The smallest absolute Gasteiger partial charge is 0.170 e. The summed E-state index contributed by atoms with van der Waals surface area (Å²) in [5.74, 6) is 0.943. The average molecular weight is 393 g/mol. The van der Waals surface area contributed by atoms with Gasteiger partial charge in [-0.05, 0) is 67.4 Å². The van der Waals surface area contributed by atoms with Crippen LogP contribution in [-0.4, -0.2) is 18.8 Å². The Hall–Kier alpha value is -1.59. The Morgan fingerprint density at radius 1 is 1.22 bits per heavy atom. The number of ether oxygens (including phenoxy) is 1. The predicted octanol–water partition coefficient (Wildman–Crippen LogP) is 4.69. The Kier molecular flexibility index (Phi) is 6.86. The first-order chi connectivity index (χ1) is 11.1. The molecule has 2 aromatic carbocycles. The van der Waals surface area contributed by atoms with Crippen LogP contribution in [0.25, 0.3) is 0 Å². The second-order valence-corrected chi connectivity index (χ2v) is 6.52. The molecule has 0 aromatic heterocycles. The molecule has 0 radical (unpaired) electrons. The molecule has 23 heavy (non-hydrogen) atoms. The maximum atomic E-state index is 5.36. The zero-order valence-corrected chi connectivity index (χ0v) is 15.8. The molecule has 0 heterocycles. The Labute approximate surface area is 151 Å². The van der Waals surface area contributed by atoms with Crippen molar-refractivity contribution in [2.75, 3.05) is 19.0 Å². The lowest BCUT2D eigenvalue weighted by atomic mass is 10.1. The lowest BCUT2D eigenvalue weighted by molar-refractivity contribution is 0.409. The highest BCUT2D eigenvalue weighted by molar-refractivity contribution is 9.10. The number of halogens is 1. The summed E-state index contributed by atoms with van der Waals surface area (Å²) in [6.07, 6.45) is 1.94. The van der Waals surface area contributed by atoms with Crippen molar-refractivity contribution in [3.63, 3.8) is 0 Å². The molecule has 0 fully saturated rings. The van der Waals surface area contributed by atoms with Crippen molar-refractivity contribution in [3.8, 4) is 5.75 Å². The van der Waals surface area contributed by atoms with Gasteiger partial charge in [0.25, 0.3) is 0 Å². The van der Waals surface area contributed by atoms with Crippen LogP contribution in [0.2, 0.25) is 0 Å². The standard InChI is InChI=1S/C18H21BrN2OS/c1-13-12-15(9-10-16(13)19)21-18(23)20-11-5-7-14-6-3-4-8-17(14)22-2/h3-4,6,8-10,12H,5,7,11H2,1-2H3,(H2,20,21,23). The monoisotopic (exact) mass is 392 g/mol. The van der Waals surface area contributed by atoms with E-state index in [1.807, 2.05) is 30.3 Å². The van der Waals surface area contributed by atoms with Crippen LogP contribution < -0.4 is 15.4 Å². The van der Waals surface area contributed by atoms with E-state index in [4.69, 9.17) is 17.0 Å². The van der Waals surface area contributed by atoms with Gasteiger partial charge in [-0.15, -0.1) is 0 Å². The Morgan fingerprint density at radius 2 is 2.00 bits per heavy atom. The van der Waals surface area contributed by atoms with Crippen LogP contribution in [0.5, 0.6) is 5.75 Å². The topological polar surface area (TPSA) is 33.3 Å². The lowest BCUT2D eigenvalue weighted by Gasteiger charge is -2.12. The van der Waals surface area contributed by atoms with E-state index in [0.29, 0.717) is 5.11 Å². The minimum Gasteiger partial charge on any atom is -0.496 e. The largest absolute Gasteiger partial charge is 0.496 e. The van der Waals surface area contributed by atoms with E-state index in [1.54, 1.807) is 7.11 Å². The molecule has 122 valence electrons. The van der Waals surface area contributed by atoms with Gasteiger partial charge >= 0.3 is 0 Å². The molecular weight excluding hydrogens is 372 g/mol. The maximum absolute atomic E-state index is 5.36. The predicted molar refractivity (Wildman–Crippen MR) is 104 cm³/mol. The number of anilines is 1. The van der Waals surface area contributed by atoms with E-state index in [0.717, 1.165) is 35.3 Å². The quantitative estimate of drug-likeness (QED) is 0.551. The molecule has 0 unspecified atom stereocenters. The van der Waals surface area contributed by atoms with Crippen LogP contribution in [0.15, 0.2) is 46.9 Å². The van der Waals surface area contributed by atoms with Crippen molar-refractivity contribution in [3.05, 3.63) is 58.1 Å². The lowest BCUT2D eigenvalue weighted by Crippen LogP contribution is -2.29. The number of hydrogen-bond donors (Lipinski definition) is 2.